The number of carbonyl (C=O) groups is 1. The van der Waals surface area contributed by atoms with Crippen LogP contribution in [0.4, 0.5) is 23.4 Å². The van der Waals surface area contributed by atoms with Gasteiger partial charge in [0.05, 0.1) is 35.5 Å². The first kappa shape index (κ1) is 33.2. The van der Waals surface area contributed by atoms with Crippen LogP contribution in [0.25, 0.3) is 5.69 Å². The number of alkyl halides is 1. The number of pyridine rings is 1. The van der Waals surface area contributed by atoms with Crippen LogP contribution < -0.4 is 16.6 Å². The summed E-state index contributed by atoms with van der Waals surface area (Å²) >= 11 is 0. The van der Waals surface area contributed by atoms with Crippen molar-refractivity contribution in [3.63, 3.8) is 0 Å². The third kappa shape index (κ3) is 8.06. The summed E-state index contributed by atoms with van der Waals surface area (Å²) in [6.45, 7) is 10.5. The first-order valence-corrected chi connectivity index (χ1v) is 14.7. The molecule has 2 aromatic rings. The molecular formula is C33H39F4N3O4. The van der Waals surface area contributed by atoms with Crippen molar-refractivity contribution in [1.82, 2.24) is 9.88 Å². The van der Waals surface area contributed by atoms with E-state index in [2.05, 4.69) is 11.9 Å². The molecule has 1 fully saturated rings. The zero-order valence-corrected chi connectivity index (χ0v) is 25.2. The van der Waals surface area contributed by atoms with Crippen LogP contribution in [-0.4, -0.2) is 47.4 Å². The summed E-state index contributed by atoms with van der Waals surface area (Å²) < 4.78 is 71.2. The third-order valence-corrected chi connectivity index (χ3v) is 7.55. The van der Waals surface area contributed by atoms with Crippen molar-refractivity contribution in [2.24, 2.45) is 0 Å². The summed E-state index contributed by atoms with van der Waals surface area (Å²) in [6, 6.07) is 3.77. The molecule has 1 saturated carbocycles. The van der Waals surface area contributed by atoms with E-state index in [1.165, 1.54) is 0 Å². The SMILES string of the molecule is C=C(OC1CCCC1)[C@H](COC(C)(C)C)NCCc1cc(F)c(-n2c(N)c(C(=O)C3=C(F)CC(F)C=C3)ccc2=O)c(F)c1. The van der Waals surface area contributed by atoms with Crippen molar-refractivity contribution >= 4 is 11.6 Å². The number of nitrogen functional groups attached to an aromatic ring is 1. The average molecular weight is 618 g/mol. The van der Waals surface area contributed by atoms with E-state index in [-0.39, 0.29) is 24.1 Å². The first-order valence-electron chi connectivity index (χ1n) is 14.7. The number of allylic oxidation sites excluding steroid dienone is 4. The van der Waals surface area contributed by atoms with E-state index in [0.29, 0.717) is 29.0 Å². The summed E-state index contributed by atoms with van der Waals surface area (Å²) in [7, 11) is 0. The lowest BCUT2D eigenvalue weighted by molar-refractivity contribution is -0.0204. The van der Waals surface area contributed by atoms with Crippen LogP contribution in [0.1, 0.15) is 68.8 Å². The number of ketones is 1. The van der Waals surface area contributed by atoms with Gasteiger partial charge in [-0.1, -0.05) is 6.58 Å². The molecule has 1 aromatic carbocycles. The Hall–Kier alpha value is -3.70. The van der Waals surface area contributed by atoms with Crippen molar-refractivity contribution in [3.05, 3.63) is 93.3 Å². The number of nitrogens with zero attached hydrogens (tertiary/aromatic N) is 1. The van der Waals surface area contributed by atoms with Gasteiger partial charge < -0.3 is 20.5 Å². The molecule has 7 nitrogen and oxygen atoms in total. The van der Waals surface area contributed by atoms with E-state index in [0.717, 1.165) is 62.1 Å². The molecule has 0 bridgehead atoms. The molecule has 3 N–H and O–H groups in total. The van der Waals surface area contributed by atoms with Gasteiger partial charge in [0.25, 0.3) is 5.56 Å². The van der Waals surface area contributed by atoms with Crippen LogP contribution in [0.2, 0.25) is 0 Å². The zero-order valence-electron chi connectivity index (χ0n) is 25.2. The number of Topliss-reactive ketones (excluding diaryl/α,β-unsaturated/α-hetero) is 1. The van der Waals surface area contributed by atoms with Crippen molar-refractivity contribution < 1.29 is 31.8 Å². The van der Waals surface area contributed by atoms with E-state index in [1.54, 1.807) is 0 Å². The highest BCUT2D eigenvalue weighted by Gasteiger charge is 2.27. The fraction of sp³-hybridized carbons (Fsp3) is 0.455. The molecule has 2 aliphatic rings. The van der Waals surface area contributed by atoms with Gasteiger partial charge in [-0.05, 0) is 95.3 Å². The van der Waals surface area contributed by atoms with Gasteiger partial charge in [-0.15, -0.1) is 0 Å². The Bertz CT molecular complexity index is 1500. The summed E-state index contributed by atoms with van der Waals surface area (Å²) in [5, 5.41) is 3.30. The molecule has 2 atom stereocenters. The van der Waals surface area contributed by atoms with Gasteiger partial charge in [-0.2, -0.15) is 0 Å². The Balaban J connectivity index is 1.52. The maximum atomic E-state index is 15.4. The van der Waals surface area contributed by atoms with Crippen LogP contribution in [0.5, 0.6) is 0 Å². The van der Waals surface area contributed by atoms with E-state index in [9.17, 15) is 18.4 Å². The highest BCUT2D eigenvalue weighted by Crippen LogP contribution is 2.29. The molecule has 2 aliphatic carbocycles. The molecule has 0 spiro atoms. The molecule has 0 saturated heterocycles. The molecule has 1 heterocycles. The van der Waals surface area contributed by atoms with Gasteiger partial charge in [0.1, 0.15) is 29.3 Å². The smallest absolute Gasteiger partial charge is 0.256 e. The monoisotopic (exact) mass is 617 g/mol. The second kappa shape index (κ2) is 13.9. The van der Waals surface area contributed by atoms with E-state index in [4.69, 9.17) is 15.2 Å². The zero-order chi connectivity index (χ0) is 32.2. The van der Waals surface area contributed by atoms with E-state index in [1.807, 2.05) is 20.8 Å². The first-order chi connectivity index (χ1) is 20.7. The average Bonchev–Trinajstić information content (AvgIpc) is 3.44. The number of rotatable bonds is 12. The second-order valence-corrected chi connectivity index (χ2v) is 12.1. The number of aromatic nitrogens is 1. The Kier molecular flexibility index (Phi) is 10.5. The highest BCUT2D eigenvalue weighted by molar-refractivity contribution is 6.13. The Morgan fingerprint density at radius 2 is 1.82 bits per heavy atom. The minimum absolute atomic E-state index is 0.110. The number of carbonyl (C=O) groups excluding carboxylic acids is 1. The minimum atomic E-state index is -1.58. The van der Waals surface area contributed by atoms with Gasteiger partial charge in [0.15, 0.2) is 17.4 Å². The Labute approximate surface area is 254 Å². The highest BCUT2D eigenvalue weighted by atomic mass is 19.1. The number of hydrogen-bond acceptors (Lipinski definition) is 6. The fourth-order valence-electron chi connectivity index (χ4n) is 5.23. The number of nitrogens with two attached hydrogens (primary N) is 1. The number of hydrogen-bond donors (Lipinski definition) is 2. The molecule has 11 heteroatoms. The number of anilines is 1. The van der Waals surface area contributed by atoms with Gasteiger partial charge in [-0.25, -0.2) is 17.6 Å². The second-order valence-electron chi connectivity index (χ2n) is 12.1. The Morgan fingerprint density at radius 3 is 2.43 bits per heavy atom. The molecule has 0 amide bonds. The predicted octanol–water partition coefficient (Wildman–Crippen LogP) is 6.19. The Morgan fingerprint density at radius 1 is 1.16 bits per heavy atom. The quantitative estimate of drug-likeness (QED) is 0.168. The molecule has 4 rings (SSSR count). The van der Waals surface area contributed by atoms with Gasteiger partial charge in [-0.3, -0.25) is 14.2 Å². The molecular weight excluding hydrogens is 578 g/mol. The third-order valence-electron chi connectivity index (χ3n) is 7.55. The molecule has 44 heavy (non-hydrogen) atoms. The lowest BCUT2D eigenvalue weighted by Crippen LogP contribution is -2.40. The topological polar surface area (TPSA) is 95.6 Å². The van der Waals surface area contributed by atoms with Crippen LogP contribution in [0.15, 0.2) is 65.0 Å². The molecule has 1 unspecified atom stereocenters. The molecule has 0 radical (unpaired) electrons. The van der Waals surface area contributed by atoms with E-state index >= 15 is 8.78 Å². The summed E-state index contributed by atoms with van der Waals surface area (Å²) in [4.78, 5) is 25.7. The van der Waals surface area contributed by atoms with Crippen molar-refractivity contribution in [2.75, 3.05) is 18.9 Å². The summed E-state index contributed by atoms with van der Waals surface area (Å²) in [5.74, 6) is -4.12. The van der Waals surface area contributed by atoms with Crippen LogP contribution in [0.3, 0.4) is 0 Å². The maximum Gasteiger partial charge on any atom is 0.256 e. The largest absolute Gasteiger partial charge is 0.494 e. The minimum Gasteiger partial charge on any atom is -0.494 e. The summed E-state index contributed by atoms with van der Waals surface area (Å²) in [6.07, 6.45) is 4.27. The summed E-state index contributed by atoms with van der Waals surface area (Å²) in [5.41, 5.74) is 3.49. The van der Waals surface area contributed by atoms with Crippen LogP contribution >= 0.6 is 0 Å². The van der Waals surface area contributed by atoms with Gasteiger partial charge >= 0.3 is 0 Å². The van der Waals surface area contributed by atoms with Crippen LogP contribution in [-0.2, 0) is 15.9 Å². The fourth-order valence-corrected chi connectivity index (χ4v) is 5.23. The molecule has 1 aromatic heterocycles. The normalized spacial score (nSPS) is 18.1. The van der Waals surface area contributed by atoms with Crippen molar-refractivity contribution in [2.45, 2.75) is 83.2 Å². The molecule has 0 aliphatic heterocycles. The van der Waals surface area contributed by atoms with E-state index < -0.39 is 64.1 Å². The molecule has 238 valence electrons. The van der Waals surface area contributed by atoms with Gasteiger partial charge in [0.2, 0.25) is 0 Å². The number of ether oxygens (including phenoxy) is 2. The van der Waals surface area contributed by atoms with Crippen molar-refractivity contribution in [3.8, 4) is 5.69 Å². The standard InChI is InChI=1S/C33H39F4N3O4/c1-19(44-22-7-5-6-8-22)28(18-43-33(2,3)4)39-14-13-20-15-26(36)30(27(37)16-20)40-29(41)12-11-24(32(40)38)31(42)23-10-9-21(34)17-25(23)35/h9-12,15-16,21-22,28,39H,1,5-8,13-14,17-18,38H2,2-4H3/t21?,28-/m0/s1. The predicted molar refractivity (Wildman–Crippen MR) is 161 cm³/mol. The number of halogens is 4. The van der Waals surface area contributed by atoms with Crippen LogP contribution in [0, 0.1) is 11.6 Å². The lowest BCUT2D eigenvalue weighted by atomic mass is 9.97. The van der Waals surface area contributed by atoms with Gasteiger partial charge in [0, 0.05) is 12.5 Å². The van der Waals surface area contributed by atoms with Crippen molar-refractivity contribution in [1.29, 1.82) is 0 Å². The maximum absolute atomic E-state index is 15.4. The number of benzene rings is 1. The lowest BCUT2D eigenvalue weighted by Gasteiger charge is -2.28. The number of nitrogens with one attached hydrogen (secondary N) is 1.